The summed E-state index contributed by atoms with van der Waals surface area (Å²) in [7, 11) is 1.91. The molecule has 21 heavy (non-hydrogen) atoms. The molecule has 1 aliphatic rings. The fraction of sp³-hybridized carbons (Fsp3) is 0.529. The molecular formula is C17H25N3O. The largest absolute Gasteiger partial charge is 0.388 e. The lowest BCUT2D eigenvalue weighted by Crippen LogP contribution is -2.37. The van der Waals surface area contributed by atoms with Gasteiger partial charge in [-0.3, -0.25) is 4.79 Å². The van der Waals surface area contributed by atoms with Crippen molar-refractivity contribution in [2.45, 2.75) is 33.1 Å². The van der Waals surface area contributed by atoms with Crippen LogP contribution in [0.15, 0.2) is 30.3 Å². The van der Waals surface area contributed by atoms with Crippen molar-refractivity contribution in [2.24, 2.45) is 23.0 Å². The van der Waals surface area contributed by atoms with E-state index in [1.807, 2.05) is 57.3 Å². The zero-order chi connectivity index (χ0) is 15.9. The van der Waals surface area contributed by atoms with Crippen LogP contribution >= 0.6 is 0 Å². The van der Waals surface area contributed by atoms with Crippen molar-refractivity contribution in [3.63, 3.8) is 0 Å². The molecule has 2 atom stereocenters. The molecule has 1 aromatic rings. The number of hydrogen-bond donors (Lipinski definition) is 2. The quantitative estimate of drug-likeness (QED) is 0.873. The van der Waals surface area contributed by atoms with Gasteiger partial charge in [0.1, 0.15) is 5.92 Å². The number of primary amides is 1. The van der Waals surface area contributed by atoms with E-state index < -0.39 is 11.8 Å². The van der Waals surface area contributed by atoms with Crippen LogP contribution in [-0.2, 0) is 4.79 Å². The number of carbonyl (C=O) groups excluding carboxylic acids is 1. The Morgan fingerprint density at radius 3 is 2.33 bits per heavy atom. The summed E-state index contributed by atoms with van der Waals surface area (Å²) in [6.45, 7) is 4.02. The number of benzene rings is 1. The number of para-hydroxylation sites is 1. The summed E-state index contributed by atoms with van der Waals surface area (Å²) < 4.78 is 0. The maximum Gasteiger partial charge on any atom is 0.235 e. The van der Waals surface area contributed by atoms with Gasteiger partial charge in [-0.15, -0.1) is 0 Å². The van der Waals surface area contributed by atoms with Crippen molar-refractivity contribution in [1.29, 1.82) is 5.26 Å². The fourth-order valence-corrected chi connectivity index (χ4v) is 2.61. The number of carbonyl (C=O) groups is 1. The highest BCUT2D eigenvalue weighted by Crippen LogP contribution is 2.51. The van der Waals surface area contributed by atoms with Crippen LogP contribution in [0.25, 0.3) is 0 Å². The molecule has 4 nitrogen and oxygen atoms in total. The van der Waals surface area contributed by atoms with Crippen LogP contribution in [0.2, 0.25) is 0 Å². The zero-order valence-corrected chi connectivity index (χ0v) is 13.1. The minimum Gasteiger partial charge on any atom is -0.388 e. The lowest BCUT2D eigenvalue weighted by molar-refractivity contribution is -0.123. The Balaban J connectivity index is 0.000000235. The maximum absolute atomic E-state index is 11.1. The molecule has 1 amide bonds. The van der Waals surface area contributed by atoms with Crippen molar-refractivity contribution in [2.75, 3.05) is 12.4 Å². The number of amides is 1. The lowest BCUT2D eigenvalue weighted by atomic mass is 9.71. The second kappa shape index (κ2) is 7.68. The van der Waals surface area contributed by atoms with E-state index in [2.05, 4.69) is 5.32 Å². The predicted molar refractivity (Wildman–Crippen MR) is 85.4 cm³/mol. The third kappa shape index (κ3) is 4.49. The molecule has 0 aromatic heterocycles. The topological polar surface area (TPSA) is 78.9 Å². The van der Waals surface area contributed by atoms with Gasteiger partial charge in [-0.1, -0.05) is 32.0 Å². The molecular weight excluding hydrogens is 262 g/mol. The highest BCUT2D eigenvalue weighted by Gasteiger charge is 2.47. The van der Waals surface area contributed by atoms with Crippen LogP contribution in [0.5, 0.6) is 0 Å². The molecule has 0 aliphatic heterocycles. The van der Waals surface area contributed by atoms with Gasteiger partial charge < -0.3 is 11.1 Å². The van der Waals surface area contributed by atoms with Crippen molar-refractivity contribution in [3.05, 3.63) is 30.3 Å². The first-order valence-electron chi connectivity index (χ1n) is 7.41. The summed E-state index contributed by atoms with van der Waals surface area (Å²) >= 11 is 0. The number of nitrogens with zero attached hydrogens (tertiary/aromatic N) is 1. The summed E-state index contributed by atoms with van der Waals surface area (Å²) in [5, 5.41) is 11.9. The zero-order valence-electron chi connectivity index (χ0n) is 13.1. The molecule has 114 valence electrons. The smallest absolute Gasteiger partial charge is 0.235 e. The number of hydrogen-bond acceptors (Lipinski definition) is 3. The van der Waals surface area contributed by atoms with Crippen molar-refractivity contribution < 1.29 is 4.79 Å². The Hall–Kier alpha value is -2.02. The van der Waals surface area contributed by atoms with E-state index in [9.17, 15) is 4.79 Å². The van der Waals surface area contributed by atoms with E-state index in [1.165, 1.54) is 0 Å². The van der Waals surface area contributed by atoms with Crippen molar-refractivity contribution in [1.82, 2.24) is 0 Å². The molecule has 0 bridgehead atoms. The van der Waals surface area contributed by atoms with Gasteiger partial charge >= 0.3 is 0 Å². The molecule has 3 N–H and O–H groups in total. The maximum atomic E-state index is 11.1. The lowest BCUT2D eigenvalue weighted by Gasteiger charge is -2.31. The van der Waals surface area contributed by atoms with Crippen LogP contribution in [0.3, 0.4) is 0 Å². The standard InChI is InChI=1S/C10H16N2O.C7H9N/c1-3-10(2,7-4-5-7)8(6-11)9(12)13;1-8-7-5-3-2-4-6-7/h7-8H,3-5H2,1-2H3,(H2,12,13);2-6,8H,1H3. The Morgan fingerprint density at radius 1 is 1.48 bits per heavy atom. The van der Waals surface area contributed by atoms with E-state index in [0.29, 0.717) is 5.92 Å². The molecule has 1 fully saturated rings. The highest BCUT2D eigenvalue weighted by molar-refractivity contribution is 5.80. The predicted octanol–water partition coefficient (Wildman–Crippen LogP) is 3.17. The number of rotatable bonds is 5. The van der Waals surface area contributed by atoms with E-state index >= 15 is 0 Å². The van der Waals surface area contributed by atoms with Gasteiger partial charge in [0.2, 0.25) is 5.91 Å². The summed E-state index contributed by atoms with van der Waals surface area (Å²) in [5.41, 5.74) is 6.18. The second-order valence-electron chi connectivity index (χ2n) is 5.71. The number of nitrogens with one attached hydrogen (secondary N) is 1. The minimum absolute atomic E-state index is 0.194. The third-order valence-electron chi connectivity index (χ3n) is 4.41. The number of nitrogens with two attached hydrogens (primary N) is 1. The first kappa shape index (κ1) is 17.0. The normalized spacial score (nSPS) is 17.4. The van der Waals surface area contributed by atoms with Gasteiger partial charge in [-0.2, -0.15) is 5.26 Å². The monoisotopic (exact) mass is 287 g/mol. The van der Waals surface area contributed by atoms with Gasteiger partial charge in [0.15, 0.2) is 0 Å². The molecule has 2 rings (SSSR count). The Labute approximate surface area is 127 Å². The van der Waals surface area contributed by atoms with Crippen molar-refractivity contribution >= 4 is 11.6 Å². The molecule has 1 aliphatic carbocycles. The Bertz CT molecular complexity index is 491. The molecule has 0 radical (unpaired) electrons. The number of anilines is 1. The number of nitriles is 1. The Kier molecular flexibility index (Phi) is 6.23. The first-order valence-corrected chi connectivity index (χ1v) is 7.41. The summed E-state index contributed by atoms with van der Waals surface area (Å²) in [5.74, 6) is -0.571. The van der Waals surface area contributed by atoms with Gasteiger partial charge in [0.25, 0.3) is 0 Å². The minimum atomic E-state index is -0.620. The van der Waals surface area contributed by atoms with Crippen molar-refractivity contribution in [3.8, 4) is 6.07 Å². The van der Waals surface area contributed by atoms with Gasteiger partial charge in [-0.05, 0) is 42.7 Å². The summed E-state index contributed by atoms with van der Waals surface area (Å²) in [6.07, 6.45) is 3.12. The van der Waals surface area contributed by atoms with Crippen LogP contribution in [0, 0.1) is 28.6 Å². The molecule has 4 heteroatoms. The van der Waals surface area contributed by atoms with Gasteiger partial charge in [0, 0.05) is 12.7 Å². The molecule has 0 spiro atoms. The van der Waals surface area contributed by atoms with Crippen LogP contribution in [0.4, 0.5) is 5.69 Å². The van der Waals surface area contributed by atoms with E-state index in [4.69, 9.17) is 11.0 Å². The SMILES string of the molecule is CCC(C)(C1CC1)C(C#N)C(N)=O.CNc1ccccc1. The average molecular weight is 287 g/mol. The molecule has 0 heterocycles. The van der Waals surface area contributed by atoms with E-state index in [0.717, 1.165) is 24.9 Å². The molecule has 1 aromatic carbocycles. The second-order valence-corrected chi connectivity index (χ2v) is 5.71. The van der Waals surface area contributed by atoms with Crippen LogP contribution in [-0.4, -0.2) is 13.0 Å². The third-order valence-corrected chi connectivity index (χ3v) is 4.41. The Morgan fingerprint density at radius 2 is 2.05 bits per heavy atom. The fourth-order valence-electron chi connectivity index (χ4n) is 2.61. The highest BCUT2D eigenvalue weighted by atomic mass is 16.1. The van der Waals surface area contributed by atoms with Crippen LogP contribution in [0.1, 0.15) is 33.1 Å². The molecule has 1 saturated carbocycles. The average Bonchev–Trinajstić information content (AvgIpc) is 3.34. The molecule has 2 unspecified atom stereocenters. The molecule has 0 saturated heterocycles. The van der Waals surface area contributed by atoms with Gasteiger partial charge in [0.05, 0.1) is 6.07 Å². The van der Waals surface area contributed by atoms with Crippen LogP contribution < -0.4 is 11.1 Å². The summed E-state index contributed by atoms with van der Waals surface area (Å²) in [6, 6.07) is 12.1. The first-order chi connectivity index (χ1) is 9.99. The van der Waals surface area contributed by atoms with E-state index in [1.54, 1.807) is 0 Å². The van der Waals surface area contributed by atoms with Gasteiger partial charge in [-0.25, -0.2) is 0 Å². The van der Waals surface area contributed by atoms with E-state index in [-0.39, 0.29) is 5.41 Å². The summed E-state index contributed by atoms with van der Waals surface area (Å²) in [4.78, 5) is 11.1.